The summed E-state index contributed by atoms with van der Waals surface area (Å²) in [5.41, 5.74) is 6.39. The second-order valence-corrected chi connectivity index (χ2v) is 10.4. The van der Waals surface area contributed by atoms with Gasteiger partial charge >= 0.3 is 5.97 Å². The second kappa shape index (κ2) is 11.0. The summed E-state index contributed by atoms with van der Waals surface area (Å²) in [5.74, 6) is -0.778. The number of anilines is 1. The van der Waals surface area contributed by atoms with Gasteiger partial charge in [-0.15, -0.1) is 0 Å². The lowest BCUT2D eigenvalue weighted by molar-refractivity contribution is -0.145. The molecule has 0 saturated heterocycles. The van der Waals surface area contributed by atoms with Crippen molar-refractivity contribution < 1.29 is 22.8 Å². The molecule has 184 valence electrons. The molecule has 0 aromatic heterocycles. The molecule has 0 amide bonds. The van der Waals surface area contributed by atoms with Crippen LogP contribution in [0, 0.1) is 12.8 Å². The molecule has 35 heavy (non-hydrogen) atoms. The molecule has 2 atom stereocenters. The minimum atomic E-state index is -3.85. The van der Waals surface area contributed by atoms with Gasteiger partial charge < -0.3 is 4.74 Å². The zero-order valence-corrected chi connectivity index (χ0v) is 20.7. The van der Waals surface area contributed by atoms with Gasteiger partial charge in [0.25, 0.3) is 10.0 Å². The number of nitrogens with zero attached hydrogens (tertiary/aromatic N) is 1. The quantitative estimate of drug-likeness (QED) is 0.347. The van der Waals surface area contributed by atoms with E-state index >= 15 is 0 Å². The van der Waals surface area contributed by atoms with Gasteiger partial charge in [0.1, 0.15) is 0 Å². The van der Waals surface area contributed by atoms with Gasteiger partial charge in [-0.3, -0.25) is 13.9 Å². The number of hydrogen-bond donors (Lipinski definition) is 1. The van der Waals surface area contributed by atoms with Crippen LogP contribution in [0.4, 0.5) is 5.69 Å². The number of carbonyl (C=O) groups is 1. The van der Waals surface area contributed by atoms with E-state index in [1.165, 1.54) is 4.31 Å². The van der Waals surface area contributed by atoms with Gasteiger partial charge in [-0.05, 0) is 43.2 Å². The van der Waals surface area contributed by atoms with Gasteiger partial charge in [-0.1, -0.05) is 66.2 Å². The van der Waals surface area contributed by atoms with E-state index in [1.807, 2.05) is 55.5 Å². The molecule has 1 aliphatic rings. The number of carbonyl (C=O) groups excluding carboxylic acids is 1. The highest BCUT2D eigenvalue weighted by molar-refractivity contribution is 7.92. The average Bonchev–Trinajstić information content (AvgIpc) is 2.86. The third kappa shape index (κ3) is 5.73. The normalized spacial score (nSPS) is 17.6. The standard InChI is InChI=1S/C27H30N2O5S/c1-3-33-26(30)17-22-18-29(35(31,32)23-15-13-20(2)14-16-23)25-12-8-7-11-24(25)27(22)28-34-19-21-9-5-4-6-10-21/h4-16,22,27-28H,3,17-19H2,1-2H3. The highest BCUT2D eigenvalue weighted by Gasteiger charge is 2.40. The van der Waals surface area contributed by atoms with Gasteiger partial charge in [0.15, 0.2) is 0 Å². The van der Waals surface area contributed by atoms with E-state index in [0.717, 1.165) is 16.7 Å². The number of sulfonamides is 1. The Morgan fingerprint density at radius 1 is 1.00 bits per heavy atom. The molecule has 0 bridgehead atoms. The molecule has 0 saturated carbocycles. The number of hydroxylamine groups is 1. The summed E-state index contributed by atoms with van der Waals surface area (Å²) in [6, 6.07) is 23.4. The van der Waals surface area contributed by atoms with Crippen LogP contribution in [0.3, 0.4) is 0 Å². The number of nitrogens with one attached hydrogen (secondary N) is 1. The van der Waals surface area contributed by atoms with Crippen LogP contribution in [-0.2, 0) is 31.0 Å². The molecule has 7 nitrogen and oxygen atoms in total. The van der Waals surface area contributed by atoms with E-state index < -0.39 is 22.0 Å². The molecule has 4 rings (SSSR count). The van der Waals surface area contributed by atoms with Crippen LogP contribution in [0.1, 0.15) is 36.1 Å². The zero-order valence-electron chi connectivity index (χ0n) is 19.9. The third-order valence-electron chi connectivity index (χ3n) is 6.05. The van der Waals surface area contributed by atoms with Crippen molar-refractivity contribution in [1.82, 2.24) is 5.48 Å². The number of esters is 1. The SMILES string of the molecule is CCOC(=O)CC1CN(S(=O)(=O)c2ccc(C)cc2)c2ccccc2C1NOCc1ccccc1. The van der Waals surface area contributed by atoms with Crippen LogP contribution in [0.15, 0.2) is 83.8 Å². The van der Waals surface area contributed by atoms with Crippen LogP contribution in [0.2, 0.25) is 0 Å². The lowest BCUT2D eigenvalue weighted by atomic mass is 9.86. The minimum Gasteiger partial charge on any atom is -0.466 e. The van der Waals surface area contributed by atoms with Gasteiger partial charge in [-0.25, -0.2) is 8.42 Å². The fraction of sp³-hybridized carbons (Fsp3) is 0.296. The molecule has 1 aliphatic heterocycles. The number of para-hydroxylation sites is 1. The summed E-state index contributed by atoms with van der Waals surface area (Å²) >= 11 is 0. The molecule has 3 aromatic carbocycles. The fourth-order valence-electron chi connectivity index (χ4n) is 4.28. The first-order chi connectivity index (χ1) is 16.9. The summed E-state index contributed by atoms with van der Waals surface area (Å²) in [5, 5.41) is 0. The van der Waals surface area contributed by atoms with Crippen molar-refractivity contribution in [2.75, 3.05) is 17.5 Å². The van der Waals surface area contributed by atoms with Crippen LogP contribution in [0.5, 0.6) is 0 Å². The van der Waals surface area contributed by atoms with Crippen molar-refractivity contribution in [1.29, 1.82) is 0 Å². The third-order valence-corrected chi connectivity index (χ3v) is 7.84. The maximum absolute atomic E-state index is 13.7. The molecule has 1 N–H and O–H groups in total. The molecule has 0 spiro atoms. The van der Waals surface area contributed by atoms with Crippen LogP contribution in [0.25, 0.3) is 0 Å². The molecule has 1 heterocycles. The second-order valence-electron chi connectivity index (χ2n) is 8.55. The van der Waals surface area contributed by atoms with Gasteiger partial charge in [0.05, 0.1) is 36.3 Å². The fourth-order valence-corrected chi connectivity index (χ4v) is 5.83. The van der Waals surface area contributed by atoms with Crippen molar-refractivity contribution in [2.45, 2.75) is 37.8 Å². The van der Waals surface area contributed by atoms with Crippen LogP contribution >= 0.6 is 0 Å². The van der Waals surface area contributed by atoms with Gasteiger partial charge in [-0.2, -0.15) is 5.48 Å². The van der Waals surface area contributed by atoms with Crippen molar-refractivity contribution >= 4 is 21.7 Å². The molecule has 0 radical (unpaired) electrons. The summed E-state index contributed by atoms with van der Waals surface area (Å²) in [4.78, 5) is 18.5. The molecule has 8 heteroatoms. The highest BCUT2D eigenvalue weighted by atomic mass is 32.2. The van der Waals surface area contributed by atoms with E-state index in [2.05, 4.69) is 5.48 Å². The number of aryl methyl sites for hydroxylation is 1. The monoisotopic (exact) mass is 494 g/mol. The minimum absolute atomic E-state index is 0.0501. The summed E-state index contributed by atoms with van der Waals surface area (Å²) in [6.07, 6.45) is 0.0501. The average molecular weight is 495 g/mol. The number of fused-ring (bicyclic) bond motifs is 1. The van der Waals surface area contributed by atoms with Crippen molar-refractivity contribution in [3.05, 3.63) is 95.6 Å². The molecule has 3 aromatic rings. The van der Waals surface area contributed by atoms with Crippen molar-refractivity contribution in [3.8, 4) is 0 Å². The zero-order chi connectivity index (χ0) is 24.8. The molecule has 2 unspecified atom stereocenters. The van der Waals surface area contributed by atoms with E-state index in [1.54, 1.807) is 37.3 Å². The first kappa shape index (κ1) is 24.9. The number of benzene rings is 3. The lowest BCUT2D eigenvalue weighted by Crippen LogP contribution is -2.46. The Kier molecular flexibility index (Phi) is 7.85. The maximum atomic E-state index is 13.7. The summed E-state index contributed by atoms with van der Waals surface area (Å²) in [7, 11) is -3.85. The molecular formula is C27H30N2O5S. The largest absolute Gasteiger partial charge is 0.466 e. The Bertz CT molecular complexity index is 1250. The van der Waals surface area contributed by atoms with E-state index in [9.17, 15) is 13.2 Å². The number of rotatable bonds is 9. The Balaban J connectivity index is 1.67. The highest BCUT2D eigenvalue weighted by Crippen LogP contribution is 2.41. The van der Waals surface area contributed by atoms with Crippen molar-refractivity contribution in [2.24, 2.45) is 5.92 Å². The predicted octanol–water partition coefficient (Wildman–Crippen LogP) is 4.54. The van der Waals surface area contributed by atoms with Crippen LogP contribution < -0.4 is 9.79 Å². The Morgan fingerprint density at radius 3 is 2.40 bits per heavy atom. The smallest absolute Gasteiger partial charge is 0.306 e. The number of hydrogen-bond acceptors (Lipinski definition) is 6. The van der Waals surface area contributed by atoms with Crippen LogP contribution in [-0.4, -0.2) is 27.5 Å². The molecular weight excluding hydrogens is 464 g/mol. The summed E-state index contributed by atoms with van der Waals surface area (Å²) in [6.45, 7) is 4.36. The lowest BCUT2D eigenvalue weighted by Gasteiger charge is -2.40. The Hall–Kier alpha value is -3.20. The first-order valence-corrected chi connectivity index (χ1v) is 13.1. The Labute approximate surface area is 206 Å². The number of ether oxygens (including phenoxy) is 1. The van der Waals surface area contributed by atoms with Crippen molar-refractivity contribution in [3.63, 3.8) is 0 Å². The van der Waals surface area contributed by atoms with E-state index in [0.29, 0.717) is 12.3 Å². The topological polar surface area (TPSA) is 84.9 Å². The van der Waals surface area contributed by atoms with E-state index in [-0.39, 0.29) is 30.4 Å². The Morgan fingerprint density at radius 2 is 1.69 bits per heavy atom. The molecule has 0 fully saturated rings. The van der Waals surface area contributed by atoms with E-state index in [4.69, 9.17) is 9.57 Å². The predicted molar refractivity (Wildman–Crippen MR) is 134 cm³/mol. The first-order valence-electron chi connectivity index (χ1n) is 11.7. The van der Waals surface area contributed by atoms with Gasteiger partial charge in [0, 0.05) is 12.5 Å². The maximum Gasteiger partial charge on any atom is 0.306 e. The van der Waals surface area contributed by atoms with Gasteiger partial charge in [0.2, 0.25) is 0 Å². The molecule has 0 aliphatic carbocycles. The summed E-state index contributed by atoms with van der Waals surface area (Å²) < 4.78 is 34.0.